The third kappa shape index (κ3) is 2.86. The first-order chi connectivity index (χ1) is 10.2. The van der Waals surface area contributed by atoms with E-state index in [-0.39, 0.29) is 17.8 Å². The van der Waals surface area contributed by atoms with Crippen LogP contribution in [0.25, 0.3) is 10.9 Å². The van der Waals surface area contributed by atoms with Crippen LogP contribution in [0.5, 0.6) is 0 Å². The average molecular weight is 290 g/mol. The van der Waals surface area contributed by atoms with Crippen LogP contribution in [0.4, 0.5) is 9.18 Å². The number of fused-ring (bicyclic) bond motifs is 1. The lowest BCUT2D eigenvalue weighted by atomic mass is 9.95. The molecule has 0 bridgehead atoms. The number of carbonyl (C=O) groups is 1. The summed E-state index contributed by atoms with van der Waals surface area (Å²) in [6, 6.07) is 6.72. The Bertz CT molecular complexity index is 653. The van der Waals surface area contributed by atoms with Gasteiger partial charge in [0.05, 0.1) is 6.61 Å². The summed E-state index contributed by atoms with van der Waals surface area (Å²) in [5.41, 5.74) is 1.99. The van der Waals surface area contributed by atoms with Crippen LogP contribution in [0.3, 0.4) is 0 Å². The Labute approximate surface area is 122 Å². The van der Waals surface area contributed by atoms with E-state index in [1.54, 1.807) is 11.0 Å². The molecule has 4 nitrogen and oxygen atoms in total. The van der Waals surface area contributed by atoms with Gasteiger partial charge in [-0.1, -0.05) is 0 Å². The lowest BCUT2D eigenvalue weighted by molar-refractivity contribution is 0.0956. The predicted octanol–water partition coefficient (Wildman–Crippen LogP) is 3.64. The van der Waals surface area contributed by atoms with Gasteiger partial charge in [-0.2, -0.15) is 0 Å². The first-order valence-corrected chi connectivity index (χ1v) is 7.37. The minimum Gasteiger partial charge on any atom is -0.450 e. The van der Waals surface area contributed by atoms with Crippen molar-refractivity contribution in [2.75, 3.05) is 19.7 Å². The topological polar surface area (TPSA) is 45.3 Å². The molecule has 21 heavy (non-hydrogen) atoms. The lowest BCUT2D eigenvalue weighted by Crippen LogP contribution is -2.39. The number of benzene rings is 1. The molecule has 0 spiro atoms. The Morgan fingerprint density at radius 2 is 2.33 bits per heavy atom. The van der Waals surface area contributed by atoms with Gasteiger partial charge in [0.1, 0.15) is 5.82 Å². The van der Waals surface area contributed by atoms with Gasteiger partial charge in [-0.3, -0.25) is 0 Å². The molecule has 0 radical (unpaired) electrons. The maximum atomic E-state index is 13.3. The van der Waals surface area contributed by atoms with Crippen molar-refractivity contribution < 1.29 is 13.9 Å². The van der Waals surface area contributed by atoms with E-state index >= 15 is 0 Å². The zero-order chi connectivity index (χ0) is 14.8. The number of aromatic amines is 1. The number of rotatable bonds is 2. The maximum Gasteiger partial charge on any atom is 0.409 e. The molecule has 1 amide bonds. The summed E-state index contributed by atoms with van der Waals surface area (Å²) >= 11 is 0. The second kappa shape index (κ2) is 5.76. The molecule has 1 atom stereocenters. The van der Waals surface area contributed by atoms with Crippen LogP contribution < -0.4 is 0 Å². The summed E-state index contributed by atoms with van der Waals surface area (Å²) < 4.78 is 18.3. The quantitative estimate of drug-likeness (QED) is 0.917. The van der Waals surface area contributed by atoms with Crippen LogP contribution in [-0.4, -0.2) is 35.7 Å². The van der Waals surface area contributed by atoms with E-state index in [0.717, 1.165) is 36.0 Å². The van der Waals surface area contributed by atoms with Crippen LogP contribution in [0.1, 0.15) is 31.4 Å². The van der Waals surface area contributed by atoms with Gasteiger partial charge in [0.15, 0.2) is 0 Å². The fourth-order valence-corrected chi connectivity index (χ4v) is 2.96. The highest BCUT2D eigenvalue weighted by Crippen LogP contribution is 2.29. The molecule has 1 aromatic heterocycles. The Morgan fingerprint density at radius 3 is 3.14 bits per heavy atom. The Hall–Kier alpha value is -2.04. The molecule has 2 aromatic rings. The van der Waals surface area contributed by atoms with Crippen molar-refractivity contribution in [3.8, 4) is 0 Å². The summed E-state index contributed by atoms with van der Waals surface area (Å²) in [5.74, 6) is 0.0171. The maximum absolute atomic E-state index is 13.3. The monoisotopic (exact) mass is 290 g/mol. The van der Waals surface area contributed by atoms with Crippen molar-refractivity contribution in [3.63, 3.8) is 0 Å². The van der Waals surface area contributed by atoms with Crippen LogP contribution in [0, 0.1) is 5.82 Å². The summed E-state index contributed by atoms with van der Waals surface area (Å²) in [6.45, 7) is 3.59. The minimum absolute atomic E-state index is 0.232. The molecular weight excluding hydrogens is 271 g/mol. The van der Waals surface area contributed by atoms with Gasteiger partial charge in [-0.15, -0.1) is 0 Å². The van der Waals surface area contributed by atoms with Crippen LogP contribution in [0.2, 0.25) is 0 Å². The van der Waals surface area contributed by atoms with Crippen molar-refractivity contribution in [1.82, 2.24) is 9.88 Å². The van der Waals surface area contributed by atoms with E-state index in [9.17, 15) is 9.18 Å². The molecule has 3 rings (SSSR count). The summed E-state index contributed by atoms with van der Waals surface area (Å²) in [7, 11) is 0. The van der Waals surface area contributed by atoms with Gasteiger partial charge < -0.3 is 14.6 Å². The van der Waals surface area contributed by atoms with Crippen molar-refractivity contribution in [2.45, 2.75) is 25.7 Å². The fraction of sp³-hybridized carbons (Fsp3) is 0.438. The van der Waals surface area contributed by atoms with Gasteiger partial charge in [0.25, 0.3) is 0 Å². The summed E-state index contributed by atoms with van der Waals surface area (Å²) in [5, 5.41) is 0.873. The number of halogens is 1. The third-order valence-electron chi connectivity index (χ3n) is 3.99. The number of hydrogen-bond acceptors (Lipinski definition) is 2. The van der Waals surface area contributed by atoms with Gasteiger partial charge in [-0.25, -0.2) is 9.18 Å². The number of H-pyrrole nitrogens is 1. The highest BCUT2D eigenvalue weighted by atomic mass is 19.1. The van der Waals surface area contributed by atoms with Crippen LogP contribution >= 0.6 is 0 Å². The van der Waals surface area contributed by atoms with E-state index in [1.165, 1.54) is 12.1 Å². The van der Waals surface area contributed by atoms with Crippen LogP contribution in [0.15, 0.2) is 24.3 Å². The van der Waals surface area contributed by atoms with E-state index in [2.05, 4.69) is 4.98 Å². The zero-order valence-electron chi connectivity index (χ0n) is 12.1. The number of piperidine rings is 1. The minimum atomic E-state index is -0.246. The molecular formula is C16H19FN2O2. The largest absolute Gasteiger partial charge is 0.450 e. The van der Waals surface area contributed by atoms with Gasteiger partial charge in [0, 0.05) is 35.6 Å². The SMILES string of the molecule is CCOC(=O)N1CCCC(c2cc3cc(F)ccc3[nH]2)C1. The smallest absolute Gasteiger partial charge is 0.409 e. The lowest BCUT2D eigenvalue weighted by Gasteiger charge is -2.31. The summed E-state index contributed by atoms with van der Waals surface area (Å²) in [4.78, 5) is 16.9. The average Bonchev–Trinajstić information content (AvgIpc) is 2.90. The number of nitrogens with one attached hydrogen (secondary N) is 1. The number of likely N-dealkylation sites (tertiary alicyclic amines) is 1. The third-order valence-corrected chi connectivity index (χ3v) is 3.99. The van der Waals surface area contributed by atoms with Crippen LogP contribution in [-0.2, 0) is 4.74 Å². The molecule has 0 saturated carbocycles. The second-order valence-corrected chi connectivity index (χ2v) is 5.44. The second-order valence-electron chi connectivity index (χ2n) is 5.44. The highest BCUT2D eigenvalue weighted by Gasteiger charge is 2.26. The summed E-state index contributed by atoms with van der Waals surface area (Å²) in [6.07, 6.45) is 1.72. The zero-order valence-corrected chi connectivity index (χ0v) is 12.1. The van der Waals surface area contributed by atoms with E-state index in [4.69, 9.17) is 4.74 Å². The number of amides is 1. The Morgan fingerprint density at radius 1 is 1.48 bits per heavy atom. The molecule has 1 N–H and O–H groups in total. The first kappa shape index (κ1) is 13.9. The van der Waals surface area contributed by atoms with E-state index < -0.39 is 0 Å². The van der Waals surface area contributed by atoms with Crippen molar-refractivity contribution in [1.29, 1.82) is 0 Å². The first-order valence-electron chi connectivity index (χ1n) is 7.37. The molecule has 2 heterocycles. The molecule has 5 heteroatoms. The number of nitrogens with zero attached hydrogens (tertiary/aromatic N) is 1. The molecule has 1 unspecified atom stereocenters. The highest BCUT2D eigenvalue weighted by molar-refractivity contribution is 5.80. The standard InChI is InChI=1S/C16H19FN2O2/c1-2-21-16(20)19-7-3-4-11(10-19)15-9-12-8-13(17)5-6-14(12)18-15/h5-6,8-9,11,18H,2-4,7,10H2,1H3. The van der Waals surface area contributed by atoms with E-state index in [1.807, 2.05) is 13.0 Å². The molecule has 1 saturated heterocycles. The number of carbonyl (C=O) groups excluding carboxylic acids is 1. The molecule has 1 aromatic carbocycles. The van der Waals surface area contributed by atoms with E-state index in [0.29, 0.717) is 13.2 Å². The number of aromatic nitrogens is 1. The Kier molecular flexibility index (Phi) is 3.82. The Balaban J connectivity index is 1.79. The fourth-order valence-electron chi connectivity index (χ4n) is 2.96. The van der Waals surface area contributed by atoms with Crippen molar-refractivity contribution in [3.05, 3.63) is 35.8 Å². The van der Waals surface area contributed by atoms with Gasteiger partial charge in [-0.05, 0) is 44.0 Å². The number of hydrogen-bond donors (Lipinski definition) is 1. The van der Waals surface area contributed by atoms with Crippen molar-refractivity contribution >= 4 is 17.0 Å². The van der Waals surface area contributed by atoms with Gasteiger partial charge >= 0.3 is 6.09 Å². The molecule has 1 aliphatic heterocycles. The van der Waals surface area contributed by atoms with Crippen molar-refractivity contribution in [2.24, 2.45) is 0 Å². The molecule has 0 aliphatic carbocycles. The molecule has 1 aliphatic rings. The normalized spacial score (nSPS) is 19.0. The molecule has 112 valence electrons. The predicted molar refractivity (Wildman–Crippen MR) is 78.8 cm³/mol. The number of ether oxygens (including phenoxy) is 1. The molecule has 1 fully saturated rings. The van der Waals surface area contributed by atoms with Gasteiger partial charge in [0.2, 0.25) is 0 Å².